The van der Waals surface area contributed by atoms with Crippen molar-refractivity contribution in [1.82, 2.24) is 9.97 Å². The van der Waals surface area contributed by atoms with Gasteiger partial charge in [0.1, 0.15) is 5.75 Å². The predicted octanol–water partition coefficient (Wildman–Crippen LogP) is 4.57. The highest BCUT2D eigenvalue weighted by atomic mass is 16.3. The highest BCUT2D eigenvalue weighted by Crippen LogP contribution is 2.22. The summed E-state index contributed by atoms with van der Waals surface area (Å²) in [6.45, 7) is 1.82. The van der Waals surface area contributed by atoms with Crippen LogP contribution in [0, 0.1) is 0 Å². The van der Waals surface area contributed by atoms with Crippen molar-refractivity contribution in [3.63, 3.8) is 0 Å². The molecule has 1 aromatic heterocycles. The summed E-state index contributed by atoms with van der Waals surface area (Å²) in [5.41, 5.74) is 4.40. The number of phenolic OH excluding ortho intramolecular Hbond substituents is 1. The number of hydrogen-bond donors (Lipinski definition) is 2. The van der Waals surface area contributed by atoms with Gasteiger partial charge in [0.15, 0.2) is 0 Å². The van der Waals surface area contributed by atoms with E-state index >= 15 is 0 Å². The maximum absolute atomic E-state index is 9.49. The molecule has 0 saturated carbocycles. The van der Waals surface area contributed by atoms with Gasteiger partial charge in [0.05, 0.1) is 29.0 Å². The van der Waals surface area contributed by atoms with Crippen LogP contribution in [0.5, 0.6) is 5.75 Å². The van der Waals surface area contributed by atoms with Crippen molar-refractivity contribution in [2.24, 2.45) is 0 Å². The van der Waals surface area contributed by atoms with Gasteiger partial charge in [0.25, 0.3) is 0 Å². The standard InChI is InChI=1S/C21H22N2O2/c1-15(24)5-3-2-4-6-16-7-9-17(10-8-16)21-14-22-20-13-18(25)11-12-19(20)23-21/h4,6-15,24-25H,2-3,5H2,1H3. The van der Waals surface area contributed by atoms with Crippen LogP contribution in [-0.4, -0.2) is 26.3 Å². The summed E-state index contributed by atoms with van der Waals surface area (Å²) in [7, 11) is 0. The highest BCUT2D eigenvalue weighted by Gasteiger charge is 2.03. The predicted molar refractivity (Wildman–Crippen MR) is 101 cm³/mol. The molecule has 128 valence electrons. The molecule has 0 aliphatic carbocycles. The quantitative estimate of drug-likeness (QED) is 0.648. The van der Waals surface area contributed by atoms with Crippen LogP contribution in [0.2, 0.25) is 0 Å². The minimum absolute atomic E-state index is 0.194. The van der Waals surface area contributed by atoms with Crippen molar-refractivity contribution in [3.05, 3.63) is 60.3 Å². The Bertz CT molecular complexity index is 871. The van der Waals surface area contributed by atoms with Gasteiger partial charge in [0.2, 0.25) is 0 Å². The lowest BCUT2D eigenvalue weighted by Crippen LogP contribution is -1.97. The van der Waals surface area contributed by atoms with E-state index < -0.39 is 0 Å². The lowest BCUT2D eigenvalue weighted by atomic mass is 10.1. The van der Waals surface area contributed by atoms with Gasteiger partial charge >= 0.3 is 0 Å². The second-order valence-electron chi connectivity index (χ2n) is 6.23. The molecular weight excluding hydrogens is 312 g/mol. The van der Waals surface area contributed by atoms with Crippen molar-refractivity contribution < 1.29 is 10.2 Å². The fourth-order valence-corrected chi connectivity index (χ4v) is 2.65. The molecule has 1 atom stereocenters. The zero-order valence-electron chi connectivity index (χ0n) is 14.3. The number of aliphatic hydroxyl groups excluding tert-OH is 1. The number of allylic oxidation sites excluding steroid dienone is 1. The molecule has 2 N–H and O–H groups in total. The molecule has 0 aliphatic heterocycles. The smallest absolute Gasteiger partial charge is 0.117 e. The van der Waals surface area contributed by atoms with Gasteiger partial charge in [-0.1, -0.05) is 36.4 Å². The van der Waals surface area contributed by atoms with Gasteiger partial charge in [-0.25, -0.2) is 4.98 Å². The van der Waals surface area contributed by atoms with E-state index in [1.165, 1.54) is 0 Å². The van der Waals surface area contributed by atoms with Crippen LogP contribution >= 0.6 is 0 Å². The molecule has 0 spiro atoms. The van der Waals surface area contributed by atoms with Crippen LogP contribution in [-0.2, 0) is 0 Å². The lowest BCUT2D eigenvalue weighted by Gasteiger charge is -2.04. The topological polar surface area (TPSA) is 66.2 Å². The Balaban J connectivity index is 1.69. The molecule has 1 heterocycles. The van der Waals surface area contributed by atoms with Gasteiger partial charge in [-0.15, -0.1) is 0 Å². The summed E-state index contributed by atoms with van der Waals surface area (Å²) in [6, 6.07) is 13.2. The maximum Gasteiger partial charge on any atom is 0.117 e. The first-order valence-corrected chi connectivity index (χ1v) is 8.52. The Morgan fingerprint density at radius 3 is 2.64 bits per heavy atom. The van der Waals surface area contributed by atoms with E-state index in [0.29, 0.717) is 5.52 Å². The number of rotatable bonds is 6. The molecule has 4 nitrogen and oxygen atoms in total. The Morgan fingerprint density at radius 2 is 1.88 bits per heavy atom. The number of aliphatic hydroxyl groups is 1. The van der Waals surface area contributed by atoms with E-state index in [-0.39, 0.29) is 11.9 Å². The van der Waals surface area contributed by atoms with E-state index in [2.05, 4.69) is 34.3 Å². The number of fused-ring (bicyclic) bond motifs is 1. The van der Waals surface area contributed by atoms with Crippen LogP contribution in [0.3, 0.4) is 0 Å². The second-order valence-corrected chi connectivity index (χ2v) is 6.23. The third-order valence-electron chi connectivity index (χ3n) is 4.04. The molecule has 0 fully saturated rings. The molecule has 0 aliphatic rings. The number of phenols is 1. The maximum atomic E-state index is 9.49. The summed E-state index contributed by atoms with van der Waals surface area (Å²) < 4.78 is 0. The Hall–Kier alpha value is -2.72. The fraction of sp³-hybridized carbons (Fsp3) is 0.238. The summed E-state index contributed by atoms with van der Waals surface area (Å²) in [5, 5.41) is 18.7. The molecule has 25 heavy (non-hydrogen) atoms. The molecule has 3 aromatic rings. The monoisotopic (exact) mass is 334 g/mol. The number of benzene rings is 2. The molecule has 3 rings (SSSR count). The zero-order valence-corrected chi connectivity index (χ0v) is 14.3. The SMILES string of the molecule is CC(O)CCCC=Cc1ccc(-c2cnc3cc(O)ccc3n2)cc1. The number of nitrogens with zero attached hydrogens (tertiary/aromatic N) is 2. The summed E-state index contributed by atoms with van der Waals surface area (Å²) in [4.78, 5) is 8.97. The number of unbranched alkanes of at least 4 members (excludes halogenated alkanes) is 1. The third-order valence-corrected chi connectivity index (χ3v) is 4.04. The highest BCUT2D eigenvalue weighted by molar-refractivity contribution is 5.78. The molecule has 4 heteroatoms. The van der Waals surface area contributed by atoms with Crippen molar-refractivity contribution in [2.75, 3.05) is 0 Å². The molecule has 0 radical (unpaired) electrons. The molecule has 0 saturated heterocycles. The Labute approximate surface area is 147 Å². The van der Waals surface area contributed by atoms with Crippen molar-refractivity contribution in [1.29, 1.82) is 0 Å². The first-order valence-electron chi connectivity index (χ1n) is 8.52. The molecule has 0 bridgehead atoms. The number of hydrogen-bond acceptors (Lipinski definition) is 4. The van der Waals surface area contributed by atoms with E-state index in [0.717, 1.165) is 41.6 Å². The van der Waals surface area contributed by atoms with Crippen LogP contribution in [0.1, 0.15) is 31.7 Å². The molecular formula is C21H22N2O2. The van der Waals surface area contributed by atoms with Gasteiger partial charge in [0, 0.05) is 11.6 Å². The largest absolute Gasteiger partial charge is 0.508 e. The second kappa shape index (κ2) is 7.90. The third kappa shape index (κ3) is 4.64. The van der Waals surface area contributed by atoms with Crippen LogP contribution in [0.25, 0.3) is 28.4 Å². The first-order chi connectivity index (χ1) is 12.1. The first kappa shape index (κ1) is 17.1. The van der Waals surface area contributed by atoms with Gasteiger partial charge in [-0.05, 0) is 43.9 Å². The summed E-state index contributed by atoms with van der Waals surface area (Å²) in [5.74, 6) is 0.194. The number of aromatic nitrogens is 2. The lowest BCUT2D eigenvalue weighted by molar-refractivity contribution is 0.182. The van der Waals surface area contributed by atoms with Gasteiger partial charge in [-0.3, -0.25) is 4.98 Å². The summed E-state index contributed by atoms with van der Waals surface area (Å²) >= 11 is 0. The molecule has 2 aromatic carbocycles. The average molecular weight is 334 g/mol. The van der Waals surface area contributed by atoms with E-state index in [1.54, 1.807) is 24.4 Å². The minimum atomic E-state index is -0.222. The van der Waals surface area contributed by atoms with Gasteiger partial charge < -0.3 is 10.2 Å². The van der Waals surface area contributed by atoms with Crippen molar-refractivity contribution in [3.8, 4) is 17.0 Å². The van der Waals surface area contributed by atoms with E-state index in [4.69, 9.17) is 0 Å². The normalized spacial score (nSPS) is 12.7. The van der Waals surface area contributed by atoms with Crippen LogP contribution in [0.15, 0.2) is 54.7 Å². The Morgan fingerprint density at radius 1 is 1.08 bits per heavy atom. The zero-order chi connectivity index (χ0) is 17.6. The molecule has 1 unspecified atom stereocenters. The van der Waals surface area contributed by atoms with E-state index in [1.807, 2.05) is 19.1 Å². The number of aromatic hydroxyl groups is 1. The van der Waals surface area contributed by atoms with Crippen molar-refractivity contribution >= 4 is 17.1 Å². The Kier molecular flexibility index (Phi) is 5.41. The van der Waals surface area contributed by atoms with Crippen LogP contribution in [0.4, 0.5) is 0 Å². The van der Waals surface area contributed by atoms with E-state index in [9.17, 15) is 10.2 Å². The summed E-state index contributed by atoms with van der Waals surface area (Å²) in [6.07, 6.45) is 8.54. The van der Waals surface area contributed by atoms with Gasteiger partial charge in [-0.2, -0.15) is 0 Å². The average Bonchev–Trinajstić information content (AvgIpc) is 2.61. The fourth-order valence-electron chi connectivity index (χ4n) is 2.65. The van der Waals surface area contributed by atoms with Crippen LogP contribution < -0.4 is 0 Å². The molecule has 0 amide bonds. The minimum Gasteiger partial charge on any atom is -0.508 e. The van der Waals surface area contributed by atoms with Crippen molar-refractivity contribution in [2.45, 2.75) is 32.3 Å².